The second-order valence-corrected chi connectivity index (χ2v) is 8.11. The van der Waals surface area contributed by atoms with E-state index in [4.69, 9.17) is 25.8 Å². The van der Waals surface area contributed by atoms with E-state index in [9.17, 15) is 9.59 Å². The molecule has 0 fully saturated rings. The van der Waals surface area contributed by atoms with Crippen LogP contribution in [0.1, 0.15) is 30.7 Å². The molecule has 0 saturated carbocycles. The summed E-state index contributed by atoms with van der Waals surface area (Å²) in [6, 6.07) is 8.35. The molecule has 1 aromatic carbocycles. The Bertz CT molecular complexity index is 1220. The highest BCUT2D eigenvalue weighted by atomic mass is 35.5. The number of hydrogen-bond acceptors (Lipinski definition) is 6. The van der Waals surface area contributed by atoms with Crippen molar-refractivity contribution in [3.8, 4) is 11.5 Å². The summed E-state index contributed by atoms with van der Waals surface area (Å²) in [6.45, 7) is 6.35. The molecule has 3 rings (SSSR count). The number of aryl methyl sites for hydroxylation is 1. The summed E-state index contributed by atoms with van der Waals surface area (Å²) in [5, 5.41) is 0.383. The van der Waals surface area contributed by atoms with Gasteiger partial charge in [0.25, 0.3) is 5.56 Å². The lowest BCUT2D eigenvalue weighted by molar-refractivity contribution is -0.139. The van der Waals surface area contributed by atoms with Crippen LogP contribution in [-0.4, -0.2) is 29.1 Å². The Balaban J connectivity index is 1.68. The van der Waals surface area contributed by atoms with Gasteiger partial charge in [0, 0.05) is 18.3 Å². The third-order valence-electron chi connectivity index (χ3n) is 4.45. The molecule has 8 heteroatoms. The molecule has 0 atom stereocenters. The van der Waals surface area contributed by atoms with E-state index in [-0.39, 0.29) is 12.2 Å². The van der Waals surface area contributed by atoms with Gasteiger partial charge < -0.3 is 14.2 Å². The molecule has 0 aliphatic heterocycles. The highest BCUT2D eigenvalue weighted by molar-refractivity contribution is 6.32. The number of carbonyl (C=O) groups is 1. The van der Waals surface area contributed by atoms with Gasteiger partial charge in [0.15, 0.2) is 11.5 Å². The van der Waals surface area contributed by atoms with Crippen LogP contribution in [-0.2, 0) is 16.1 Å². The molecule has 2 heterocycles. The maximum atomic E-state index is 12.2. The zero-order valence-corrected chi connectivity index (χ0v) is 19.2. The van der Waals surface area contributed by atoms with Crippen LogP contribution >= 0.6 is 11.6 Å². The maximum Gasteiger partial charge on any atom is 0.331 e. The molecule has 32 heavy (non-hydrogen) atoms. The Kier molecular flexibility index (Phi) is 7.53. The fourth-order valence-electron chi connectivity index (χ4n) is 2.92. The van der Waals surface area contributed by atoms with Gasteiger partial charge in [0.2, 0.25) is 0 Å². The van der Waals surface area contributed by atoms with Crippen molar-refractivity contribution in [2.24, 2.45) is 5.92 Å². The molecule has 0 aliphatic carbocycles. The number of rotatable bonds is 8. The van der Waals surface area contributed by atoms with Crippen molar-refractivity contribution in [2.75, 3.05) is 13.7 Å². The van der Waals surface area contributed by atoms with Crippen LogP contribution in [0.15, 0.2) is 47.4 Å². The number of ether oxygens (including phenoxy) is 3. The molecule has 7 nitrogen and oxygen atoms in total. The molecule has 0 bridgehead atoms. The average molecular weight is 457 g/mol. The summed E-state index contributed by atoms with van der Waals surface area (Å²) < 4.78 is 17.8. The summed E-state index contributed by atoms with van der Waals surface area (Å²) in [7, 11) is 1.52. The third kappa shape index (κ3) is 5.88. The number of halogens is 1. The number of esters is 1. The zero-order chi connectivity index (χ0) is 23.3. The van der Waals surface area contributed by atoms with Crippen molar-refractivity contribution in [2.45, 2.75) is 27.4 Å². The first-order chi connectivity index (χ1) is 15.3. The number of methoxy groups -OCH3 is 1. The second-order valence-electron chi connectivity index (χ2n) is 7.70. The normalized spacial score (nSPS) is 11.3. The molecule has 0 saturated heterocycles. The summed E-state index contributed by atoms with van der Waals surface area (Å²) in [6.07, 6.45) is 4.55. The van der Waals surface area contributed by atoms with Gasteiger partial charge >= 0.3 is 5.97 Å². The number of aromatic nitrogens is 2. The van der Waals surface area contributed by atoms with E-state index in [0.717, 1.165) is 5.56 Å². The van der Waals surface area contributed by atoms with Crippen molar-refractivity contribution in [3.63, 3.8) is 0 Å². The molecule has 0 spiro atoms. The largest absolute Gasteiger partial charge is 0.493 e. The van der Waals surface area contributed by atoms with Gasteiger partial charge in [0.05, 0.1) is 24.4 Å². The number of carbonyl (C=O) groups excluding carboxylic acids is 1. The van der Waals surface area contributed by atoms with E-state index in [0.29, 0.717) is 46.0 Å². The molecule has 0 unspecified atom stereocenters. The topological polar surface area (TPSA) is 79.1 Å². The van der Waals surface area contributed by atoms with Crippen LogP contribution in [0.5, 0.6) is 11.5 Å². The second kappa shape index (κ2) is 10.3. The van der Waals surface area contributed by atoms with E-state index in [1.165, 1.54) is 23.7 Å². The lowest BCUT2D eigenvalue weighted by Gasteiger charge is -2.14. The Morgan fingerprint density at radius 1 is 1.25 bits per heavy atom. The molecule has 0 radical (unpaired) electrons. The number of hydrogen-bond donors (Lipinski definition) is 0. The maximum absolute atomic E-state index is 12.2. The van der Waals surface area contributed by atoms with Crippen molar-refractivity contribution in [1.82, 2.24) is 9.38 Å². The van der Waals surface area contributed by atoms with Crippen molar-refractivity contribution >= 4 is 29.3 Å². The van der Waals surface area contributed by atoms with Gasteiger partial charge in [-0.3, -0.25) is 9.20 Å². The minimum Gasteiger partial charge on any atom is -0.493 e. The van der Waals surface area contributed by atoms with E-state index in [2.05, 4.69) is 4.98 Å². The predicted molar refractivity (Wildman–Crippen MR) is 123 cm³/mol. The Morgan fingerprint density at radius 3 is 2.75 bits per heavy atom. The highest BCUT2D eigenvalue weighted by Crippen LogP contribution is 2.37. The van der Waals surface area contributed by atoms with Crippen LogP contribution in [0.25, 0.3) is 11.7 Å². The van der Waals surface area contributed by atoms with Crippen molar-refractivity contribution in [1.29, 1.82) is 0 Å². The monoisotopic (exact) mass is 456 g/mol. The van der Waals surface area contributed by atoms with Crippen LogP contribution in [0, 0.1) is 12.8 Å². The Hall–Kier alpha value is -3.32. The summed E-state index contributed by atoms with van der Waals surface area (Å²) >= 11 is 6.33. The highest BCUT2D eigenvalue weighted by Gasteiger charge is 2.12. The van der Waals surface area contributed by atoms with Crippen LogP contribution in [0.3, 0.4) is 0 Å². The summed E-state index contributed by atoms with van der Waals surface area (Å²) in [4.78, 5) is 28.8. The zero-order valence-electron chi connectivity index (χ0n) is 18.4. The molecule has 0 amide bonds. The molecule has 3 aromatic rings. The van der Waals surface area contributed by atoms with E-state index in [1.54, 1.807) is 30.5 Å². The first kappa shape index (κ1) is 23.3. The lowest BCUT2D eigenvalue weighted by atomic mass is 10.2. The lowest BCUT2D eigenvalue weighted by Crippen LogP contribution is -2.16. The smallest absolute Gasteiger partial charge is 0.331 e. The SMILES string of the molecule is COc1cc(/C=C/C(=O)OCc2cc(=O)n3cc(C)ccc3n2)cc(Cl)c1OCC(C)C. The summed E-state index contributed by atoms with van der Waals surface area (Å²) in [5.74, 6) is 0.697. The minimum atomic E-state index is -0.578. The standard InChI is InChI=1S/C24H25ClN2O5/c1-15(2)13-32-24-19(25)9-17(10-20(24)30-4)6-8-23(29)31-14-18-11-22(28)27-12-16(3)5-7-21(27)26-18/h5-12,15H,13-14H2,1-4H3/b8-6+. The van der Waals surface area contributed by atoms with E-state index >= 15 is 0 Å². The Morgan fingerprint density at radius 2 is 2.03 bits per heavy atom. The fourth-order valence-corrected chi connectivity index (χ4v) is 3.19. The molecular weight excluding hydrogens is 432 g/mol. The minimum absolute atomic E-state index is 0.116. The number of nitrogens with zero attached hydrogens (tertiary/aromatic N) is 2. The van der Waals surface area contributed by atoms with Crippen molar-refractivity contribution in [3.05, 3.63) is 74.8 Å². The molecule has 2 aromatic heterocycles. The van der Waals surface area contributed by atoms with Gasteiger partial charge in [0.1, 0.15) is 12.3 Å². The van der Waals surface area contributed by atoms with Gasteiger partial charge in [-0.2, -0.15) is 0 Å². The number of benzene rings is 1. The molecule has 0 aliphatic rings. The predicted octanol–water partition coefficient (Wildman–Crippen LogP) is 4.46. The quantitative estimate of drug-likeness (QED) is 0.368. The Labute approximate surface area is 191 Å². The number of fused-ring (bicyclic) bond motifs is 1. The molecular formula is C24H25ClN2O5. The van der Waals surface area contributed by atoms with Gasteiger partial charge in [-0.1, -0.05) is 31.5 Å². The van der Waals surface area contributed by atoms with Crippen molar-refractivity contribution < 1.29 is 19.0 Å². The van der Waals surface area contributed by atoms with Crippen LogP contribution < -0.4 is 15.0 Å². The third-order valence-corrected chi connectivity index (χ3v) is 4.73. The van der Waals surface area contributed by atoms with Crippen LogP contribution in [0.4, 0.5) is 0 Å². The van der Waals surface area contributed by atoms with Gasteiger partial charge in [-0.15, -0.1) is 0 Å². The molecule has 168 valence electrons. The van der Waals surface area contributed by atoms with E-state index < -0.39 is 5.97 Å². The van der Waals surface area contributed by atoms with Gasteiger partial charge in [-0.05, 0) is 48.2 Å². The first-order valence-electron chi connectivity index (χ1n) is 10.1. The fraction of sp³-hybridized carbons (Fsp3) is 0.292. The number of pyridine rings is 1. The molecule has 0 N–H and O–H groups in total. The average Bonchev–Trinajstić information content (AvgIpc) is 2.75. The summed E-state index contributed by atoms with van der Waals surface area (Å²) in [5.41, 5.74) is 2.23. The van der Waals surface area contributed by atoms with Gasteiger partial charge in [-0.25, -0.2) is 9.78 Å². The first-order valence-corrected chi connectivity index (χ1v) is 10.5. The van der Waals surface area contributed by atoms with E-state index in [1.807, 2.05) is 26.8 Å². The van der Waals surface area contributed by atoms with Crippen LogP contribution in [0.2, 0.25) is 5.02 Å².